The van der Waals surface area contributed by atoms with Crippen LogP contribution in [0.3, 0.4) is 0 Å². The van der Waals surface area contributed by atoms with Crippen molar-refractivity contribution >= 4 is 0 Å². The van der Waals surface area contributed by atoms with Crippen LogP contribution in [-0.4, -0.2) is 20.5 Å². The van der Waals surface area contributed by atoms with E-state index in [0.717, 1.165) is 5.92 Å². The first-order chi connectivity index (χ1) is 8.19. The van der Waals surface area contributed by atoms with Gasteiger partial charge in [0.15, 0.2) is 6.29 Å². The van der Waals surface area contributed by atoms with Gasteiger partial charge in [0.05, 0.1) is 0 Å². The molecule has 0 saturated heterocycles. The molecule has 1 saturated carbocycles. The van der Waals surface area contributed by atoms with E-state index in [1.165, 1.54) is 51.4 Å². The molecule has 1 fully saturated rings. The molecule has 0 radical (unpaired) electrons. The van der Waals surface area contributed by atoms with Gasteiger partial charge >= 0.3 is 0 Å². The maximum absolute atomic E-state index is 5.59. The van der Waals surface area contributed by atoms with Crippen molar-refractivity contribution in [1.82, 2.24) is 0 Å². The number of methoxy groups -OCH3 is 2. The summed E-state index contributed by atoms with van der Waals surface area (Å²) >= 11 is 0. The van der Waals surface area contributed by atoms with Gasteiger partial charge in [0, 0.05) is 19.6 Å². The molecule has 0 aliphatic heterocycles. The third kappa shape index (κ3) is 3.69. The van der Waals surface area contributed by atoms with Crippen LogP contribution in [0.4, 0.5) is 0 Å². The summed E-state index contributed by atoms with van der Waals surface area (Å²) in [5.41, 5.74) is 0.204. The Balaban J connectivity index is 2.67. The predicted octanol–water partition coefficient (Wildman–Crippen LogP) is 4.38. The number of hydrogen-bond acceptors (Lipinski definition) is 2. The van der Waals surface area contributed by atoms with Gasteiger partial charge in [0.25, 0.3) is 0 Å². The largest absolute Gasteiger partial charge is 0.355 e. The molecule has 0 N–H and O–H groups in total. The maximum atomic E-state index is 5.59. The topological polar surface area (TPSA) is 18.5 Å². The van der Waals surface area contributed by atoms with Crippen LogP contribution in [0, 0.1) is 11.3 Å². The maximum Gasteiger partial charge on any atom is 0.162 e. The van der Waals surface area contributed by atoms with Crippen LogP contribution in [0.15, 0.2) is 0 Å². The van der Waals surface area contributed by atoms with E-state index in [1.807, 2.05) is 0 Å². The van der Waals surface area contributed by atoms with Gasteiger partial charge in [-0.1, -0.05) is 46.0 Å². The lowest BCUT2D eigenvalue weighted by molar-refractivity contribution is -0.193. The molecule has 0 aromatic heterocycles. The number of unbranched alkanes of at least 4 members (excludes halogenated alkanes) is 2. The van der Waals surface area contributed by atoms with Crippen molar-refractivity contribution in [2.75, 3.05) is 14.2 Å². The van der Waals surface area contributed by atoms with Gasteiger partial charge in [0.2, 0.25) is 0 Å². The molecule has 0 spiro atoms. The van der Waals surface area contributed by atoms with E-state index in [-0.39, 0.29) is 11.7 Å². The second kappa shape index (κ2) is 7.38. The fraction of sp³-hybridized carbons (Fsp3) is 1.00. The summed E-state index contributed by atoms with van der Waals surface area (Å²) < 4.78 is 11.2. The molecule has 0 amide bonds. The third-order valence-electron chi connectivity index (χ3n) is 4.57. The van der Waals surface area contributed by atoms with E-state index in [9.17, 15) is 0 Å². The Kier molecular flexibility index (Phi) is 6.50. The SMILES string of the molecule is CCCCCC(C)(C1CCCC1)C(OC)OC. The van der Waals surface area contributed by atoms with Crippen molar-refractivity contribution in [2.24, 2.45) is 11.3 Å². The normalized spacial score (nSPS) is 21.0. The van der Waals surface area contributed by atoms with Gasteiger partial charge in [-0.05, 0) is 25.2 Å². The van der Waals surface area contributed by atoms with Crippen molar-refractivity contribution in [3.63, 3.8) is 0 Å². The summed E-state index contributed by atoms with van der Waals surface area (Å²) in [6, 6.07) is 0. The van der Waals surface area contributed by atoms with Crippen molar-refractivity contribution in [1.29, 1.82) is 0 Å². The summed E-state index contributed by atoms with van der Waals surface area (Å²) in [4.78, 5) is 0. The second-order valence-electron chi connectivity index (χ2n) is 5.75. The highest BCUT2D eigenvalue weighted by Gasteiger charge is 2.42. The van der Waals surface area contributed by atoms with Crippen molar-refractivity contribution in [3.05, 3.63) is 0 Å². The highest BCUT2D eigenvalue weighted by atomic mass is 16.7. The van der Waals surface area contributed by atoms with Gasteiger partial charge in [-0.25, -0.2) is 0 Å². The van der Waals surface area contributed by atoms with Crippen molar-refractivity contribution in [3.8, 4) is 0 Å². The fourth-order valence-electron chi connectivity index (χ4n) is 3.49. The predicted molar refractivity (Wildman–Crippen MR) is 72.0 cm³/mol. The molecule has 0 aromatic rings. The Morgan fingerprint density at radius 2 is 1.71 bits per heavy atom. The molecule has 0 bridgehead atoms. The smallest absolute Gasteiger partial charge is 0.162 e. The van der Waals surface area contributed by atoms with E-state index in [1.54, 1.807) is 14.2 Å². The first-order valence-electron chi connectivity index (χ1n) is 7.24. The van der Waals surface area contributed by atoms with E-state index in [0.29, 0.717) is 0 Å². The first kappa shape index (κ1) is 15.0. The van der Waals surface area contributed by atoms with Crippen LogP contribution >= 0.6 is 0 Å². The van der Waals surface area contributed by atoms with Crippen LogP contribution in [0.5, 0.6) is 0 Å². The molecule has 1 aliphatic rings. The molecule has 0 aromatic carbocycles. The van der Waals surface area contributed by atoms with Crippen LogP contribution < -0.4 is 0 Å². The molecule has 1 aliphatic carbocycles. The fourth-order valence-corrected chi connectivity index (χ4v) is 3.49. The van der Waals surface area contributed by atoms with E-state index >= 15 is 0 Å². The van der Waals surface area contributed by atoms with Crippen molar-refractivity contribution < 1.29 is 9.47 Å². The number of ether oxygens (including phenoxy) is 2. The molecular formula is C15H30O2. The van der Waals surface area contributed by atoms with Gasteiger partial charge in [-0.2, -0.15) is 0 Å². The molecule has 1 unspecified atom stereocenters. The lowest BCUT2D eigenvalue weighted by atomic mass is 9.71. The first-order valence-corrected chi connectivity index (χ1v) is 7.24. The Morgan fingerprint density at radius 3 is 2.18 bits per heavy atom. The average Bonchev–Trinajstić information content (AvgIpc) is 2.85. The van der Waals surface area contributed by atoms with E-state index in [4.69, 9.17) is 9.47 Å². The standard InChI is InChI=1S/C15H30O2/c1-5-6-9-12-15(2,14(16-3)17-4)13-10-7-8-11-13/h13-14H,5-12H2,1-4H3. The van der Waals surface area contributed by atoms with E-state index < -0.39 is 0 Å². The van der Waals surface area contributed by atoms with Crippen LogP contribution in [0.1, 0.15) is 65.2 Å². The zero-order chi connectivity index (χ0) is 12.7. The van der Waals surface area contributed by atoms with Crippen molar-refractivity contribution in [2.45, 2.75) is 71.5 Å². The zero-order valence-corrected chi connectivity index (χ0v) is 12.1. The highest BCUT2D eigenvalue weighted by Crippen LogP contribution is 2.46. The van der Waals surface area contributed by atoms with Gasteiger partial charge < -0.3 is 9.47 Å². The summed E-state index contributed by atoms with van der Waals surface area (Å²) in [5, 5.41) is 0. The minimum Gasteiger partial charge on any atom is -0.355 e. The summed E-state index contributed by atoms with van der Waals surface area (Å²) in [6.45, 7) is 4.63. The van der Waals surface area contributed by atoms with E-state index in [2.05, 4.69) is 13.8 Å². The lowest BCUT2D eigenvalue weighted by Gasteiger charge is -2.41. The quantitative estimate of drug-likeness (QED) is 0.464. The second-order valence-corrected chi connectivity index (χ2v) is 5.75. The Morgan fingerprint density at radius 1 is 1.12 bits per heavy atom. The molecule has 1 rings (SSSR count). The van der Waals surface area contributed by atoms with Crippen LogP contribution in [0.25, 0.3) is 0 Å². The third-order valence-corrected chi connectivity index (χ3v) is 4.57. The minimum absolute atomic E-state index is 0.0394. The van der Waals surface area contributed by atoms with Gasteiger partial charge in [-0.3, -0.25) is 0 Å². The summed E-state index contributed by atoms with van der Waals surface area (Å²) in [5.74, 6) is 0.782. The highest BCUT2D eigenvalue weighted by molar-refractivity contribution is 4.88. The van der Waals surface area contributed by atoms with Crippen LogP contribution in [-0.2, 0) is 9.47 Å². The lowest BCUT2D eigenvalue weighted by Crippen LogP contribution is -2.41. The minimum atomic E-state index is -0.0394. The molecule has 102 valence electrons. The molecular weight excluding hydrogens is 212 g/mol. The molecule has 1 atom stereocenters. The van der Waals surface area contributed by atoms with Gasteiger partial charge in [0.1, 0.15) is 0 Å². The number of hydrogen-bond donors (Lipinski definition) is 0. The zero-order valence-electron chi connectivity index (χ0n) is 12.1. The van der Waals surface area contributed by atoms with Gasteiger partial charge in [-0.15, -0.1) is 0 Å². The molecule has 2 nitrogen and oxygen atoms in total. The Bertz CT molecular complexity index is 191. The summed E-state index contributed by atoms with van der Waals surface area (Å²) in [6.07, 6.45) is 10.6. The number of rotatable bonds is 8. The molecule has 17 heavy (non-hydrogen) atoms. The molecule has 2 heteroatoms. The average molecular weight is 242 g/mol. The Hall–Kier alpha value is -0.0800. The van der Waals surface area contributed by atoms with Crippen LogP contribution in [0.2, 0.25) is 0 Å². The molecule has 0 heterocycles. The summed E-state index contributed by atoms with van der Waals surface area (Å²) in [7, 11) is 3.56. The Labute approximate surface area is 107 Å². The monoisotopic (exact) mass is 242 g/mol.